The lowest BCUT2D eigenvalue weighted by molar-refractivity contribution is -0.384. The minimum Gasteiger partial charge on any atom is -0.383 e. The Morgan fingerprint density at radius 2 is 1.76 bits per heavy atom. The molecule has 4 aromatic rings. The number of nitro groups is 1. The number of fused-ring (bicyclic) bond motifs is 1. The monoisotopic (exact) mass is 332 g/mol. The SMILES string of the molecule is Nc1[nH]nc2nnc(-c3ccccc3)c(-c3cccc([N+](=O)[O-])c3)c12. The van der Waals surface area contributed by atoms with E-state index in [1.54, 1.807) is 12.1 Å². The molecule has 0 saturated heterocycles. The molecule has 0 aliphatic rings. The second-order valence-electron chi connectivity index (χ2n) is 5.43. The summed E-state index contributed by atoms with van der Waals surface area (Å²) in [6, 6.07) is 15.8. The van der Waals surface area contributed by atoms with E-state index in [-0.39, 0.29) is 5.69 Å². The molecule has 0 aliphatic heterocycles. The molecule has 8 nitrogen and oxygen atoms in total. The molecule has 122 valence electrons. The predicted molar refractivity (Wildman–Crippen MR) is 93.6 cm³/mol. The Kier molecular flexibility index (Phi) is 3.35. The van der Waals surface area contributed by atoms with E-state index in [1.807, 2.05) is 30.3 Å². The van der Waals surface area contributed by atoms with Crippen LogP contribution in [0.2, 0.25) is 0 Å². The van der Waals surface area contributed by atoms with Crippen molar-refractivity contribution >= 4 is 22.5 Å². The van der Waals surface area contributed by atoms with Crippen molar-refractivity contribution in [3.63, 3.8) is 0 Å². The normalized spacial score (nSPS) is 10.9. The van der Waals surface area contributed by atoms with Crippen molar-refractivity contribution in [3.05, 3.63) is 64.7 Å². The number of rotatable bonds is 3. The quantitative estimate of drug-likeness (QED) is 0.438. The third-order valence-electron chi connectivity index (χ3n) is 3.90. The van der Waals surface area contributed by atoms with E-state index in [9.17, 15) is 10.1 Å². The number of anilines is 1. The molecule has 4 rings (SSSR count). The number of hydrogen-bond donors (Lipinski definition) is 2. The molecule has 0 spiro atoms. The van der Waals surface area contributed by atoms with Crippen LogP contribution in [0.4, 0.5) is 11.5 Å². The maximum absolute atomic E-state index is 11.2. The van der Waals surface area contributed by atoms with Gasteiger partial charge in [0.15, 0.2) is 0 Å². The van der Waals surface area contributed by atoms with Crippen molar-refractivity contribution < 1.29 is 4.92 Å². The zero-order valence-electron chi connectivity index (χ0n) is 12.9. The molecular weight excluding hydrogens is 320 g/mol. The lowest BCUT2D eigenvalue weighted by atomic mass is 9.97. The number of nitrogens with one attached hydrogen (secondary N) is 1. The maximum Gasteiger partial charge on any atom is 0.270 e. The Balaban J connectivity index is 2.08. The van der Waals surface area contributed by atoms with Gasteiger partial charge in [0.2, 0.25) is 5.65 Å². The van der Waals surface area contributed by atoms with Crippen molar-refractivity contribution in [1.29, 1.82) is 0 Å². The number of aromatic nitrogens is 4. The largest absolute Gasteiger partial charge is 0.383 e. The summed E-state index contributed by atoms with van der Waals surface area (Å²) < 4.78 is 0. The van der Waals surface area contributed by atoms with Crippen LogP contribution in [0.25, 0.3) is 33.4 Å². The summed E-state index contributed by atoms with van der Waals surface area (Å²) >= 11 is 0. The summed E-state index contributed by atoms with van der Waals surface area (Å²) in [5.74, 6) is 0.337. The van der Waals surface area contributed by atoms with Crippen LogP contribution in [-0.2, 0) is 0 Å². The van der Waals surface area contributed by atoms with Crippen molar-refractivity contribution in [1.82, 2.24) is 20.4 Å². The van der Waals surface area contributed by atoms with Gasteiger partial charge in [-0.1, -0.05) is 42.5 Å². The number of non-ortho nitro benzene ring substituents is 1. The highest BCUT2D eigenvalue weighted by Gasteiger charge is 2.20. The minimum atomic E-state index is -0.434. The Morgan fingerprint density at radius 1 is 1.00 bits per heavy atom. The van der Waals surface area contributed by atoms with Gasteiger partial charge in [0.25, 0.3) is 5.69 Å². The number of hydrogen-bond acceptors (Lipinski definition) is 6. The van der Waals surface area contributed by atoms with E-state index in [4.69, 9.17) is 5.73 Å². The van der Waals surface area contributed by atoms with Crippen molar-refractivity contribution in [2.75, 3.05) is 5.73 Å². The Morgan fingerprint density at radius 3 is 2.52 bits per heavy atom. The Hall–Kier alpha value is -3.81. The number of benzene rings is 2. The average Bonchev–Trinajstić information content (AvgIpc) is 3.03. The molecule has 0 saturated carbocycles. The maximum atomic E-state index is 11.2. The number of nitrogens with two attached hydrogens (primary N) is 1. The van der Waals surface area contributed by atoms with Gasteiger partial charge < -0.3 is 5.73 Å². The van der Waals surface area contributed by atoms with Gasteiger partial charge >= 0.3 is 0 Å². The summed E-state index contributed by atoms with van der Waals surface area (Å²) in [6.45, 7) is 0. The van der Waals surface area contributed by atoms with Crippen molar-refractivity contribution in [2.45, 2.75) is 0 Å². The van der Waals surface area contributed by atoms with Gasteiger partial charge in [0.05, 0.1) is 10.3 Å². The van der Waals surface area contributed by atoms with Crippen LogP contribution in [0.5, 0.6) is 0 Å². The van der Waals surface area contributed by atoms with Gasteiger partial charge in [-0.15, -0.1) is 10.2 Å². The van der Waals surface area contributed by atoms with E-state index in [2.05, 4.69) is 20.4 Å². The number of H-pyrrole nitrogens is 1. The average molecular weight is 332 g/mol. The minimum absolute atomic E-state index is 0.0106. The number of nitrogens with zero attached hydrogens (tertiary/aromatic N) is 4. The van der Waals surface area contributed by atoms with Crippen molar-refractivity contribution in [3.8, 4) is 22.4 Å². The van der Waals surface area contributed by atoms with E-state index in [0.717, 1.165) is 5.56 Å². The van der Waals surface area contributed by atoms with Gasteiger partial charge in [-0.25, -0.2) is 0 Å². The summed E-state index contributed by atoms with van der Waals surface area (Å²) in [6.07, 6.45) is 0. The first-order valence-corrected chi connectivity index (χ1v) is 7.45. The molecule has 0 atom stereocenters. The van der Waals surface area contributed by atoms with Crippen LogP contribution >= 0.6 is 0 Å². The fourth-order valence-electron chi connectivity index (χ4n) is 2.78. The molecule has 0 amide bonds. The van der Waals surface area contributed by atoms with Crippen LogP contribution in [0.1, 0.15) is 0 Å². The highest BCUT2D eigenvalue weighted by molar-refractivity contribution is 6.04. The molecule has 0 radical (unpaired) electrons. The highest BCUT2D eigenvalue weighted by atomic mass is 16.6. The molecule has 25 heavy (non-hydrogen) atoms. The van der Waals surface area contributed by atoms with Crippen LogP contribution < -0.4 is 5.73 Å². The third kappa shape index (κ3) is 2.45. The molecule has 3 N–H and O–H groups in total. The number of nitrogen functional groups attached to an aromatic ring is 1. The number of nitro benzene ring substituents is 1. The predicted octanol–water partition coefficient (Wildman–Crippen LogP) is 3.18. The first-order chi connectivity index (χ1) is 12.1. The molecule has 2 heterocycles. The second-order valence-corrected chi connectivity index (χ2v) is 5.43. The van der Waals surface area contributed by atoms with Crippen LogP contribution in [-0.4, -0.2) is 25.3 Å². The molecule has 0 fully saturated rings. The first-order valence-electron chi connectivity index (χ1n) is 7.45. The molecular formula is C17H12N6O2. The fraction of sp³-hybridized carbons (Fsp3) is 0. The summed E-state index contributed by atoms with van der Waals surface area (Å²) in [5.41, 5.74) is 9.09. The van der Waals surface area contributed by atoms with E-state index in [0.29, 0.717) is 33.7 Å². The van der Waals surface area contributed by atoms with Crippen LogP contribution in [0, 0.1) is 10.1 Å². The highest BCUT2D eigenvalue weighted by Crippen LogP contribution is 2.38. The third-order valence-corrected chi connectivity index (χ3v) is 3.90. The molecule has 2 aromatic heterocycles. The smallest absolute Gasteiger partial charge is 0.270 e. The molecule has 0 bridgehead atoms. The van der Waals surface area contributed by atoms with Crippen LogP contribution in [0.15, 0.2) is 54.6 Å². The van der Waals surface area contributed by atoms with Gasteiger partial charge in [-0.05, 0) is 5.56 Å². The second kappa shape index (κ2) is 5.68. The first kappa shape index (κ1) is 14.8. The van der Waals surface area contributed by atoms with Gasteiger partial charge in [-0.3, -0.25) is 15.2 Å². The zero-order chi connectivity index (χ0) is 17.4. The van der Waals surface area contributed by atoms with Gasteiger partial charge in [-0.2, -0.15) is 5.10 Å². The molecule has 0 aliphatic carbocycles. The molecule has 2 aromatic carbocycles. The summed E-state index contributed by atoms with van der Waals surface area (Å²) in [5, 5.41) is 26.9. The lowest BCUT2D eigenvalue weighted by Gasteiger charge is -2.10. The van der Waals surface area contributed by atoms with Gasteiger partial charge in [0.1, 0.15) is 11.5 Å². The van der Waals surface area contributed by atoms with Crippen LogP contribution in [0.3, 0.4) is 0 Å². The summed E-state index contributed by atoms with van der Waals surface area (Å²) in [7, 11) is 0. The summed E-state index contributed by atoms with van der Waals surface area (Å²) in [4.78, 5) is 10.7. The molecule has 0 unspecified atom stereocenters. The van der Waals surface area contributed by atoms with E-state index < -0.39 is 4.92 Å². The Bertz CT molecular complexity index is 1090. The number of aromatic amines is 1. The van der Waals surface area contributed by atoms with E-state index in [1.165, 1.54) is 12.1 Å². The molecule has 8 heteroatoms. The lowest BCUT2D eigenvalue weighted by Crippen LogP contribution is -1.96. The topological polar surface area (TPSA) is 124 Å². The fourth-order valence-corrected chi connectivity index (χ4v) is 2.78. The van der Waals surface area contributed by atoms with E-state index >= 15 is 0 Å². The van der Waals surface area contributed by atoms with Crippen molar-refractivity contribution in [2.24, 2.45) is 0 Å². The Labute approximate surface area is 141 Å². The van der Waals surface area contributed by atoms with Gasteiger partial charge in [0, 0.05) is 23.3 Å². The standard InChI is InChI=1S/C17H12N6O2/c18-16-14-13(11-7-4-8-12(9-11)23(24)25)15(10-5-2-1-3-6-10)19-21-17(14)22-20-16/h1-9H,(H3,18,20,21,22). The zero-order valence-corrected chi connectivity index (χ0v) is 12.9.